The Morgan fingerprint density at radius 1 is 1.16 bits per heavy atom. The standard InChI is InChI=1S/C18H16FN3O3/c19-14-5-7-15(8-6-14)22(10-9-17(21)23)18(24)12-25-16-4-2-1-3-13(16)11-20/h1-8H,9-10,12H2,(H2,21,23). The van der Waals surface area contributed by atoms with E-state index in [4.69, 9.17) is 15.7 Å². The molecule has 0 unspecified atom stereocenters. The molecule has 2 aromatic rings. The maximum atomic E-state index is 13.1. The molecule has 7 heteroatoms. The smallest absolute Gasteiger partial charge is 0.264 e. The van der Waals surface area contributed by atoms with Gasteiger partial charge in [0.25, 0.3) is 5.91 Å². The first-order chi connectivity index (χ1) is 12.0. The number of nitrogens with zero attached hydrogens (tertiary/aromatic N) is 2. The van der Waals surface area contributed by atoms with Crippen LogP contribution in [0.25, 0.3) is 0 Å². The minimum absolute atomic E-state index is 0.0438. The van der Waals surface area contributed by atoms with Crippen LogP contribution in [0, 0.1) is 17.1 Å². The van der Waals surface area contributed by atoms with Crippen LogP contribution in [0.2, 0.25) is 0 Å². The van der Waals surface area contributed by atoms with E-state index in [1.165, 1.54) is 29.2 Å². The molecule has 0 atom stereocenters. The van der Waals surface area contributed by atoms with Crippen molar-refractivity contribution in [1.82, 2.24) is 0 Å². The van der Waals surface area contributed by atoms with Crippen LogP contribution in [0.15, 0.2) is 48.5 Å². The van der Waals surface area contributed by atoms with Crippen LogP contribution in [0.4, 0.5) is 10.1 Å². The second kappa shape index (κ2) is 8.45. The fraction of sp³-hybridized carbons (Fsp3) is 0.167. The molecule has 0 heterocycles. The summed E-state index contributed by atoms with van der Waals surface area (Å²) in [4.78, 5) is 24.8. The zero-order valence-corrected chi connectivity index (χ0v) is 13.3. The Morgan fingerprint density at radius 2 is 1.84 bits per heavy atom. The number of halogens is 1. The number of hydrogen-bond donors (Lipinski definition) is 1. The van der Waals surface area contributed by atoms with Gasteiger partial charge >= 0.3 is 0 Å². The fourth-order valence-corrected chi connectivity index (χ4v) is 2.14. The van der Waals surface area contributed by atoms with Crippen molar-refractivity contribution < 1.29 is 18.7 Å². The first-order valence-corrected chi connectivity index (χ1v) is 7.47. The van der Waals surface area contributed by atoms with Crippen LogP contribution in [-0.2, 0) is 9.59 Å². The molecule has 0 aliphatic carbocycles. The quantitative estimate of drug-likeness (QED) is 0.833. The van der Waals surface area contributed by atoms with Gasteiger partial charge in [-0.1, -0.05) is 12.1 Å². The Bertz CT molecular complexity index is 800. The van der Waals surface area contributed by atoms with Gasteiger partial charge in [0.15, 0.2) is 6.61 Å². The van der Waals surface area contributed by atoms with Gasteiger partial charge in [0.05, 0.1) is 5.56 Å². The largest absolute Gasteiger partial charge is 0.482 e. The van der Waals surface area contributed by atoms with E-state index in [0.717, 1.165) is 0 Å². The molecule has 128 valence electrons. The number of rotatable bonds is 7. The Balaban J connectivity index is 2.13. The molecule has 25 heavy (non-hydrogen) atoms. The van der Waals surface area contributed by atoms with Crippen molar-refractivity contribution in [3.63, 3.8) is 0 Å². The van der Waals surface area contributed by atoms with Crippen molar-refractivity contribution in [1.29, 1.82) is 5.26 Å². The highest BCUT2D eigenvalue weighted by molar-refractivity contribution is 5.95. The summed E-state index contributed by atoms with van der Waals surface area (Å²) in [5, 5.41) is 9.03. The molecule has 0 radical (unpaired) electrons. The molecule has 0 fully saturated rings. The third-order valence-electron chi connectivity index (χ3n) is 3.38. The predicted molar refractivity (Wildman–Crippen MR) is 89.2 cm³/mol. The maximum absolute atomic E-state index is 13.1. The summed E-state index contributed by atoms with van der Waals surface area (Å²) in [6.45, 7) is -0.294. The molecule has 0 bridgehead atoms. The van der Waals surface area contributed by atoms with E-state index >= 15 is 0 Å². The molecule has 0 aliphatic heterocycles. The van der Waals surface area contributed by atoms with E-state index in [9.17, 15) is 14.0 Å². The van der Waals surface area contributed by atoms with Gasteiger partial charge < -0.3 is 15.4 Å². The van der Waals surface area contributed by atoms with Crippen molar-refractivity contribution in [2.45, 2.75) is 6.42 Å². The van der Waals surface area contributed by atoms with E-state index in [1.54, 1.807) is 24.3 Å². The lowest BCUT2D eigenvalue weighted by atomic mass is 10.2. The number of anilines is 1. The molecule has 0 spiro atoms. The average molecular weight is 341 g/mol. The number of nitrogens with two attached hydrogens (primary N) is 1. The van der Waals surface area contributed by atoms with Crippen LogP contribution in [0.3, 0.4) is 0 Å². The van der Waals surface area contributed by atoms with Crippen molar-refractivity contribution in [2.24, 2.45) is 5.73 Å². The molecule has 2 amide bonds. The summed E-state index contributed by atoms with van der Waals surface area (Å²) in [7, 11) is 0. The van der Waals surface area contributed by atoms with Crippen molar-refractivity contribution in [3.05, 3.63) is 59.9 Å². The third kappa shape index (κ3) is 5.04. The van der Waals surface area contributed by atoms with Gasteiger partial charge in [-0.15, -0.1) is 0 Å². The first kappa shape index (κ1) is 17.9. The molecule has 0 aliphatic rings. The predicted octanol–water partition coefficient (Wildman–Crippen LogP) is 1.98. The summed E-state index contributed by atoms with van der Waals surface area (Å²) in [5.41, 5.74) is 5.87. The molecular weight excluding hydrogens is 325 g/mol. The zero-order chi connectivity index (χ0) is 18.2. The van der Waals surface area contributed by atoms with Gasteiger partial charge in [-0.3, -0.25) is 9.59 Å². The molecular formula is C18H16FN3O3. The van der Waals surface area contributed by atoms with Gasteiger partial charge in [-0.05, 0) is 36.4 Å². The van der Waals surface area contributed by atoms with Crippen LogP contribution in [-0.4, -0.2) is 25.0 Å². The molecule has 6 nitrogen and oxygen atoms in total. The molecule has 0 saturated heterocycles. The number of hydrogen-bond acceptors (Lipinski definition) is 4. The molecule has 0 saturated carbocycles. The lowest BCUT2D eigenvalue weighted by Crippen LogP contribution is -2.37. The third-order valence-corrected chi connectivity index (χ3v) is 3.38. The lowest BCUT2D eigenvalue weighted by Gasteiger charge is -2.22. The number of ether oxygens (including phenoxy) is 1. The van der Waals surface area contributed by atoms with Gasteiger partial charge in [-0.2, -0.15) is 5.26 Å². The van der Waals surface area contributed by atoms with E-state index in [0.29, 0.717) is 11.3 Å². The normalized spacial score (nSPS) is 9.92. The highest BCUT2D eigenvalue weighted by Crippen LogP contribution is 2.19. The van der Waals surface area contributed by atoms with E-state index < -0.39 is 17.6 Å². The highest BCUT2D eigenvalue weighted by atomic mass is 19.1. The van der Waals surface area contributed by atoms with Crippen LogP contribution in [0.5, 0.6) is 5.75 Å². The SMILES string of the molecule is N#Cc1ccccc1OCC(=O)N(CCC(N)=O)c1ccc(F)cc1. The summed E-state index contributed by atoms with van der Waals surface area (Å²) in [6.07, 6.45) is -0.0438. The van der Waals surface area contributed by atoms with Crippen molar-refractivity contribution in [3.8, 4) is 11.8 Å². The number of benzene rings is 2. The van der Waals surface area contributed by atoms with Crippen molar-refractivity contribution in [2.75, 3.05) is 18.1 Å². The maximum Gasteiger partial charge on any atom is 0.264 e. The van der Waals surface area contributed by atoms with Crippen molar-refractivity contribution >= 4 is 17.5 Å². The summed E-state index contributed by atoms with van der Waals surface area (Å²) < 4.78 is 18.5. The molecule has 2 N–H and O–H groups in total. The Labute approximate surface area is 144 Å². The minimum atomic E-state index is -0.560. The lowest BCUT2D eigenvalue weighted by molar-refractivity contribution is -0.120. The number of nitriles is 1. The number of carbonyl (C=O) groups is 2. The van der Waals surface area contributed by atoms with E-state index in [-0.39, 0.29) is 25.3 Å². The number of para-hydroxylation sites is 1. The monoisotopic (exact) mass is 341 g/mol. The highest BCUT2D eigenvalue weighted by Gasteiger charge is 2.18. The first-order valence-electron chi connectivity index (χ1n) is 7.47. The summed E-state index contributed by atoms with van der Waals surface area (Å²) in [6, 6.07) is 13.8. The average Bonchev–Trinajstić information content (AvgIpc) is 2.61. The van der Waals surface area contributed by atoms with E-state index in [1.807, 2.05) is 6.07 Å². The van der Waals surface area contributed by atoms with Gasteiger partial charge in [-0.25, -0.2) is 4.39 Å². The topological polar surface area (TPSA) is 96.4 Å². The molecule has 0 aromatic heterocycles. The van der Waals surface area contributed by atoms with Gasteiger partial charge in [0, 0.05) is 18.7 Å². The Hall–Kier alpha value is -3.40. The molecule has 2 aromatic carbocycles. The number of amides is 2. The summed E-state index contributed by atoms with van der Waals surface area (Å²) in [5.74, 6) is -1.16. The number of carbonyl (C=O) groups excluding carboxylic acids is 2. The minimum Gasteiger partial charge on any atom is -0.482 e. The summed E-state index contributed by atoms with van der Waals surface area (Å²) >= 11 is 0. The van der Waals surface area contributed by atoms with Crippen LogP contribution >= 0.6 is 0 Å². The van der Waals surface area contributed by atoms with Gasteiger partial charge in [0.2, 0.25) is 5.91 Å². The number of primary amides is 1. The van der Waals surface area contributed by atoms with Crippen LogP contribution in [0.1, 0.15) is 12.0 Å². The van der Waals surface area contributed by atoms with Gasteiger partial charge in [0.1, 0.15) is 17.6 Å². The second-order valence-corrected chi connectivity index (χ2v) is 5.13. The Morgan fingerprint density at radius 3 is 2.48 bits per heavy atom. The Kier molecular flexibility index (Phi) is 6.07. The fourth-order valence-electron chi connectivity index (χ4n) is 2.14. The van der Waals surface area contributed by atoms with Crippen LogP contribution < -0.4 is 15.4 Å². The second-order valence-electron chi connectivity index (χ2n) is 5.13. The molecule has 2 rings (SSSR count). The zero-order valence-electron chi connectivity index (χ0n) is 13.3. The van der Waals surface area contributed by atoms with E-state index in [2.05, 4.69) is 0 Å².